The summed E-state index contributed by atoms with van der Waals surface area (Å²) < 4.78 is 0. The molecule has 0 amide bonds. The van der Waals surface area contributed by atoms with E-state index in [1.165, 1.54) is 12.8 Å². The van der Waals surface area contributed by atoms with Gasteiger partial charge < -0.3 is 5.11 Å². The van der Waals surface area contributed by atoms with Gasteiger partial charge >= 0.3 is 0 Å². The fourth-order valence-corrected chi connectivity index (χ4v) is 1.85. The molecule has 0 rings (SSSR count). The van der Waals surface area contributed by atoms with Crippen molar-refractivity contribution in [2.45, 2.75) is 46.1 Å². The van der Waals surface area contributed by atoms with Crippen LogP contribution in [0.2, 0.25) is 0 Å². The first-order valence-corrected chi connectivity index (χ1v) is 5.38. The van der Waals surface area contributed by atoms with Gasteiger partial charge in [0.15, 0.2) is 0 Å². The van der Waals surface area contributed by atoms with E-state index in [0.29, 0.717) is 0 Å². The lowest BCUT2D eigenvalue weighted by Crippen LogP contribution is -2.18. The number of halogens is 1. The summed E-state index contributed by atoms with van der Waals surface area (Å²) in [5.41, 5.74) is 0.251. The monoisotopic (exact) mass is 234 g/mol. The Morgan fingerprint density at radius 1 is 1.50 bits per heavy atom. The number of aliphatic hydroxyl groups excluding tert-OH is 1. The molecule has 0 aliphatic carbocycles. The molecule has 12 heavy (non-hydrogen) atoms. The maximum absolute atomic E-state index is 9.49. The maximum Gasteiger partial charge on any atom is 0.0734 e. The summed E-state index contributed by atoms with van der Waals surface area (Å²) in [6.07, 6.45) is 4.64. The van der Waals surface area contributed by atoms with Gasteiger partial charge in [-0.05, 0) is 29.3 Å². The van der Waals surface area contributed by atoms with Gasteiger partial charge in [0, 0.05) is 0 Å². The zero-order valence-corrected chi connectivity index (χ0v) is 9.76. The lowest BCUT2D eigenvalue weighted by Gasteiger charge is -2.25. The summed E-state index contributed by atoms with van der Waals surface area (Å²) in [6, 6.07) is 0. The van der Waals surface area contributed by atoms with Gasteiger partial charge in [0.1, 0.15) is 0 Å². The van der Waals surface area contributed by atoms with Crippen molar-refractivity contribution in [3.05, 3.63) is 11.1 Å². The van der Waals surface area contributed by atoms with Crippen LogP contribution in [0.1, 0.15) is 40.0 Å². The number of aliphatic hydroxyl groups is 1. The second-order valence-corrected chi connectivity index (χ2v) is 4.53. The molecule has 0 saturated heterocycles. The molecule has 1 N–H and O–H groups in total. The van der Waals surface area contributed by atoms with E-state index < -0.39 is 0 Å². The van der Waals surface area contributed by atoms with Gasteiger partial charge in [0.05, 0.1) is 6.10 Å². The van der Waals surface area contributed by atoms with Gasteiger partial charge in [-0.25, -0.2) is 0 Å². The van der Waals surface area contributed by atoms with Crippen LogP contribution in [-0.4, -0.2) is 11.2 Å². The van der Waals surface area contributed by atoms with Crippen molar-refractivity contribution in [2.75, 3.05) is 0 Å². The number of hydrogen-bond acceptors (Lipinski definition) is 1. The smallest absolute Gasteiger partial charge is 0.0734 e. The van der Waals surface area contributed by atoms with Crippen molar-refractivity contribution in [1.29, 1.82) is 0 Å². The lowest BCUT2D eigenvalue weighted by atomic mass is 9.82. The highest BCUT2D eigenvalue weighted by Gasteiger charge is 2.19. The first-order valence-electron chi connectivity index (χ1n) is 4.47. The van der Waals surface area contributed by atoms with E-state index in [9.17, 15) is 5.11 Å². The molecule has 0 aliphatic heterocycles. The average molecular weight is 235 g/mol. The quantitative estimate of drug-likeness (QED) is 0.773. The summed E-state index contributed by atoms with van der Waals surface area (Å²) >= 11 is 3.16. The normalized spacial score (nSPS) is 15.4. The Bertz CT molecular complexity index is 141. The summed E-state index contributed by atoms with van der Waals surface area (Å²) in [5.74, 6) is 0. The zero-order chi connectivity index (χ0) is 9.61. The maximum atomic E-state index is 9.49. The Hall–Kier alpha value is 0.180. The molecule has 0 aromatic heterocycles. The van der Waals surface area contributed by atoms with Crippen LogP contribution in [0.15, 0.2) is 11.1 Å². The standard InChI is InChI=1S/C10H19BrO/c1-4-6-10(2,3)8-9(12)5-7-11/h5,7,9,12H,4,6,8H2,1-3H3. The Kier molecular flexibility index (Phi) is 5.85. The molecule has 72 valence electrons. The molecule has 0 aliphatic rings. The molecular weight excluding hydrogens is 216 g/mol. The van der Waals surface area contributed by atoms with Gasteiger partial charge in [0.2, 0.25) is 0 Å². The van der Waals surface area contributed by atoms with Crippen molar-refractivity contribution < 1.29 is 5.11 Å². The highest BCUT2D eigenvalue weighted by molar-refractivity contribution is 9.11. The first-order chi connectivity index (χ1) is 5.52. The Morgan fingerprint density at radius 2 is 2.08 bits per heavy atom. The van der Waals surface area contributed by atoms with Crippen LogP contribution in [-0.2, 0) is 0 Å². The minimum absolute atomic E-state index is 0.251. The minimum Gasteiger partial charge on any atom is -0.389 e. The molecule has 0 bridgehead atoms. The molecular formula is C10H19BrO. The Morgan fingerprint density at radius 3 is 2.50 bits per heavy atom. The second kappa shape index (κ2) is 5.76. The van der Waals surface area contributed by atoms with E-state index in [4.69, 9.17) is 0 Å². The first kappa shape index (κ1) is 12.2. The van der Waals surface area contributed by atoms with Gasteiger partial charge in [-0.1, -0.05) is 43.1 Å². The summed E-state index contributed by atoms with van der Waals surface area (Å²) in [6.45, 7) is 6.57. The predicted molar refractivity (Wildman–Crippen MR) is 57.4 cm³/mol. The second-order valence-electron chi connectivity index (χ2n) is 4.00. The summed E-state index contributed by atoms with van der Waals surface area (Å²) in [7, 11) is 0. The number of rotatable bonds is 5. The highest BCUT2D eigenvalue weighted by Crippen LogP contribution is 2.28. The topological polar surface area (TPSA) is 20.2 Å². The van der Waals surface area contributed by atoms with Crippen LogP contribution in [0.5, 0.6) is 0 Å². The Balaban J connectivity index is 3.87. The van der Waals surface area contributed by atoms with Crippen LogP contribution < -0.4 is 0 Å². The van der Waals surface area contributed by atoms with Crippen LogP contribution in [0.25, 0.3) is 0 Å². The molecule has 1 atom stereocenters. The van der Waals surface area contributed by atoms with E-state index in [0.717, 1.165) is 6.42 Å². The zero-order valence-electron chi connectivity index (χ0n) is 8.18. The lowest BCUT2D eigenvalue weighted by molar-refractivity contribution is 0.146. The predicted octanol–water partition coefficient (Wildman–Crippen LogP) is 3.47. The van der Waals surface area contributed by atoms with Crippen molar-refractivity contribution >= 4 is 15.9 Å². The number of hydrogen-bond donors (Lipinski definition) is 1. The molecule has 0 fully saturated rings. The van der Waals surface area contributed by atoms with Crippen molar-refractivity contribution in [2.24, 2.45) is 5.41 Å². The average Bonchev–Trinajstić information content (AvgIpc) is 1.85. The van der Waals surface area contributed by atoms with E-state index in [2.05, 4.69) is 36.7 Å². The highest BCUT2D eigenvalue weighted by atomic mass is 79.9. The summed E-state index contributed by atoms with van der Waals surface area (Å²) in [5, 5.41) is 9.49. The molecule has 0 spiro atoms. The molecule has 2 heteroatoms. The van der Waals surface area contributed by atoms with Crippen molar-refractivity contribution in [1.82, 2.24) is 0 Å². The van der Waals surface area contributed by atoms with Crippen LogP contribution in [0.3, 0.4) is 0 Å². The molecule has 0 heterocycles. The molecule has 0 radical (unpaired) electrons. The third-order valence-electron chi connectivity index (χ3n) is 1.98. The molecule has 0 aromatic carbocycles. The third-order valence-corrected chi connectivity index (χ3v) is 2.29. The fraction of sp³-hybridized carbons (Fsp3) is 0.800. The minimum atomic E-state index is -0.314. The van der Waals surface area contributed by atoms with Gasteiger partial charge in [-0.3, -0.25) is 0 Å². The third kappa shape index (κ3) is 5.78. The SMILES string of the molecule is CCCC(C)(C)CC(O)C=CBr. The van der Waals surface area contributed by atoms with Gasteiger partial charge in [-0.15, -0.1) is 0 Å². The van der Waals surface area contributed by atoms with Crippen molar-refractivity contribution in [3.63, 3.8) is 0 Å². The summed E-state index contributed by atoms with van der Waals surface area (Å²) in [4.78, 5) is 1.72. The van der Waals surface area contributed by atoms with Crippen LogP contribution in [0, 0.1) is 5.41 Å². The molecule has 1 nitrogen and oxygen atoms in total. The fourth-order valence-electron chi connectivity index (χ4n) is 1.50. The van der Waals surface area contributed by atoms with E-state index in [-0.39, 0.29) is 11.5 Å². The van der Waals surface area contributed by atoms with Crippen LogP contribution in [0.4, 0.5) is 0 Å². The molecule has 0 aromatic rings. The molecule has 0 saturated carbocycles. The van der Waals surface area contributed by atoms with E-state index >= 15 is 0 Å². The van der Waals surface area contributed by atoms with E-state index in [1.807, 2.05) is 0 Å². The van der Waals surface area contributed by atoms with E-state index in [1.54, 1.807) is 11.1 Å². The Labute approximate surface area is 84.0 Å². The van der Waals surface area contributed by atoms with Crippen LogP contribution >= 0.6 is 15.9 Å². The largest absolute Gasteiger partial charge is 0.389 e. The van der Waals surface area contributed by atoms with Gasteiger partial charge in [-0.2, -0.15) is 0 Å². The van der Waals surface area contributed by atoms with Crippen molar-refractivity contribution in [3.8, 4) is 0 Å². The molecule has 1 unspecified atom stereocenters. The van der Waals surface area contributed by atoms with Gasteiger partial charge in [0.25, 0.3) is 0 Å².